The van der Waals surface area contributed by atoms with Crippen molar-refractivity contribution in [3.63, 3.8) is 0 Å². The lowest BCUT2D eigenvalue weighted by molar-refractivity contribution is -0.870. The van der Waals surface area contributed by atoms with Crippen LogP contribution in [0.3, 0.4) is 0 Å². The minimum atomic E-state index is -4.39. The molecule has 2 atom stereocenters. The summed E-state index contributed by atoms with van der Waals surface area (Å²) in [5, 5.41) is 0. The van der Waals surface area contributed by atoms with Gasteiger partial charge in [-0.3, -0.25) is 18.6 Å². The van der Waals surface area contributed by atoms with Crippen LogP contribution in [0.1, 0.15) is 168 Å². The van der Waals surface area contributed by atoms with Crippen LogP contribution in [0.2, 0.25) is 0 Å². The largest absolute Gasteiger partial charge is 0.472 e. The molecule has 9 nitrogen and oxygen atoms in total. The van der Waals surface area contributed by atoms with Gasteiger partial charge in [0.25, 0.3) is 0 Å². The summed E-state index contributed by atoms with van der Waals surface area (Å²) in [7, 11) is 1.44. The monoisotopic (exact) mass is 835 g/mol. The van der Waals surface area contributed by atoms with Crippen LogP contribution < -0.4 is 0 Å². The van der Waals surface area contributed by atoms with E-state index in [2.05, 4.69) is 86.8 Å². The third kappa shape index (κ3) is 43.0. The zero-order valence-electron chi connectivity index (χ0n) is 37.5. The number of phosphoric ester groups is 1. The summed E-state index contributed by atoms with van der Waals surface area (Å²) in [6.07, 6.45) is 49.5. The van der Waals surface area contributed by atoms with E-state index in [-0.39, 0.29) is 32.0 Å². The number of carbonyl (C=O) groups is 2. The summed E-state index contributed by atoms with van der Waals surface area (Å²) < 4.78 is 34.3. The van der Waals surface area contributed by atoms with Crippen molar-refractivity contribution in [1.82, 2.24) is 0 Å². The Morgan fingerprint density at radius 3 is 1.50 bits per heavy atom. The fourth-order valence-corrected chi connectivity index (χ4v) is 6.42. The van der Waals surface area contributed by atoms with Crippen molar-refractivity contribution < 1.29 is 42.1 Å². The van der Waals surface area contributed by atoms with Crippen LogP contribution in [0, 0.1) is 0 Å². The number of nitrogens with zero attached hydrogens (tertiary/aromatic N) is 1. The number of phosphoric acid groups is 1. The molecule has 2 unspecified atom stereocenters. The lowest BCUT2D eigenvalue weighted by atomic mass is 10.1. The lowest BCUT2D eigenvalue weighted by Crippen LogP contribution is -2.37. The van der Waals surface area contributed by atoms with E-state index >= 15 is 0 Å². The van der Waals surface area contributed by atoms with Crippen molar-refractivity contribution in [3.8, 4) is 0 Å². The van der Waals surface area contributed by atoms with Crippen LogP contribution in [-0.4, -0.2) is 74.9 Å². The first-order valence-electron chi connectivity index (χ1n) is 22.7. The molecule has 0 spiro atoms. The van der Waals surface area contributed by atoms with Crippen LogP contribution >= 0.6 is 7.82 Å². The second-order valence-electron chi connectivity index (χ2n) is 16.0. The maximum absolute atomic E-state index is 12.7. The van der Waals surface area contributed by atoms with Gasteiger partial charge in [0.05, 0.1) is 27.7 Å². The van der Waals surface area contributed by atoms with Crippen molar-refractivity contribution >= 4 is 19.8 Å². The molecule has 0 radical (unpaired) electrons. The summed E-state index contributed by atoms with van der Waals surface area (Å²) in [5.74, 6) is -0.851. The quantitative estimate of drug-likeness (QED) is 0.0214. The number of likely N-dealkylation sites (N-methyl/N-ethyl adjacent to an activating group) is 1. The van der Waals surface area contributed by atoms with Crippen LogP contribution in [0.25, 0.3) is 0 Å². The maximum Gasteiger partial charge on any atom is 0.472 e. The van der Waals surface area contributed by atoms with Crippen LogP contribution in [0.5, 0.6) is 0 Å². The zero-order chi connectivity index (χ0) is 42.8. The number of ether oxygens (including phenoxy) is 2. The summed E-state index contributed by atoms with van der Waals surface area (Å²) >= 11 is 0. The van der Waals surface area contributed by atoms with Crippen LogP contribution in [0.4, 0.5) is 0 Å². The summed E-state index contributed by atoms with van der Waals surface area (Å²) in [6.45, 7) is 4.24. The number of allylic oxidation sites excluding steroid dienone is 12. The molecule has 334 valence electrons. The molecule has 0 heterocycles. The number of carbonyl (C=O) groups excluding carboxylic acids is 2. The summed E-state index contributed by atoms with van der Waals surface area (Å²) in [4.78, 5) is 35.4. The molecule has 0 aliphatic carbocycles. The Balaban J connectivity index is 4.44. The molecule has 0 bridgehead atoms. The number of hydrogen-bond acceptors (Lipinski definition) is 7. The fourth-order valence-electron chi connectivity index (χ4n) is 5.68. The van der Waals surface area contributed by atoms with E-state index in [1.54, 1.807) is 0 Å². The number of quaternary nitrogens is 1. The third-order valence-electron chi connectivity index (χ3n) is 9.22. The summed E-state index contributed by atoms with van der Waals surface area (Å²) in [5.41, 5.74) is 0. The topological polar surface area (TPSA) is 108 Å². The van der Waals surface area contributed by atoms with E-state index in [0.717, 1.165) is 89.9 Å². The highest BCUT2D eigenvalue weighted by molar-refractivity contribution is 7.47. The lowest BCUT2D eigenvalue weighted by Gasteiger charge is -2.24. The Morgan fingerprint density at radius 1 is 0.552 bits per heavy atom. The van der Waals surface area contributed by atoms with E-state index in [1.165, 1.54) is 44.9 Å². The smallest absolute Gasteiger partial charge is 0.462 e. The molecule has 0 rings (SSSR count). The molecule has 10 heteroatoms. The fraction of sp³-hybridized carbons (Fsp3) is 0.708. The van der Waals surface area contributed by atoms with Gasteiger partial charge in [0, 0.05) is 12.8 Å². The molecular weight excluding hydrogens is 750 g/mol. The average molecular weight is 835 g/mol. The van der Waals surface area contributed by atoms with Crippen molar-refractivity contribution in [2.45, 2.75) is 174 Å². The molecule has 0 aromatic heterocycles. The molecule has 0 aromatic rings. The van der Waals surface area contributed by atoms with Gasteiger partial charge < -0.3 is 18.9 Å². The molecule has 0 saturated heterocycles. The summed E-state index contributed by atoms with van der Waals surface area (Å²) in [6, 6.07) is 0. The number of hydrogen-bond donors (Lipinski definition) is 1. The van der Waals surface area contributed by atoms with Crippen LogP contribution in [0.15, 0.2) is 72.9 Å². The van der Waals surface area contributed by atoms with Gasteiger partial charge in [-0.05, 0) is 83.5 Å². The van der Waals surface area contributed by atoms with Gasteiger partial charge in [-0.2, -0.15) is 0 Å². The van der Waals surface area contributed by atoms with E-state index in [9.17, 15) is 19.0 Å². The van der Waals surface area contributed by atoms with Gasteiger partial charge in [0.2, 0.25) is 0 Å². The molecule has 1 N–H and O–H groups in total. The van der Waals surface area contributed by atoms with Gasteiger partial charge in [0.1, 0.15) is 19.8 Å². The molecule has 0 aliphatic heterocycles. The molecular formula is C48H85NO8P+. The molecule has 0 amide bonds. The second kappa shape index (κ2) is 39.9. The van der Waals surface area contributed by atoms with Gasteiger partial charge in [-0.15, -0.1) is 0 Å². The highest BCUT2D eigenvalue weighted by Gasteiger charge is 2.27. The van der Waals surface area contributed by atoms with Crippen molar-refractivity contribution in [1.29, 1.82) is 0 Å². The number of rotatable bonds is 40. The molecule has 0 aliphatic rings. The zero-order valence-corrected chi connectivity index (χ0v) is 38.4. The standard InChI is InChI=1S/C48H84NO8P/c1-6-8-10-12-14-16-18-20-22-23-24-25-27-29-31-33-35-37-39-41-48(51)57-46(45-56-58(52,53)55-43-42-49(3,4)5)44-54-47(50)40-38-36-34-32-30-28-26-21-19-17-15-13-11-9-7-2/h8,10,14,16,20-22,24-26,29,31,46H,6-7,9,11-13,15,17-19,23,27-28,30,32-45H2,1-5H3/p+1/b10-8-,16-14-,22-20-,25-24-,26-21-,31-29-. The van der Waals surface area contributed by atoms with Gasteiger partial charge in [-0.25, -0.2) is 4.57 Å². The van der Waals surface area contributed by atoms with E-state index < -0.39 is 26.5 Å². The van der Waals surface area contributed by atoms with Gasteiger partial charge in [0.15, 0.2) is 6.10 Å². The average Bonchev–Trinajstić information content (AvgIpc) is 3.17. The Hall–Kier alpha value is -2.55. The van der Waals surface area contributed by atoms with Crippen molar-refractivity contribution in [2.75, 3.05) is 47.5 Å². The van der Waals surface area contributed by atoms with Crippen molar-refractivity contribution in [2.24, 2.45) is 0 Å². The second-order valence-corrected chi connectivity index (χ2v) is 17.5. The number of esters is 2. The Kier molecular flexibility index (Phi) is 38.1. The van der Waals surface area contributed by atoms with E-state index in [4.69, 9.17) is 18.5 Å². The highest BCUT2D eigenvalue weighted by atomic mass is 31.2. The first-order chi connectivity index (χ1) is 28.0. The molecule has 0 aromatic carbocycles. The minimum Gasteiger partial charge on any atom is -0.462 e. The molecule has 0 fully saturated rings. The maximum atomic E-state index is 12.7. The SMILES string of the molecule is CC/C=C\C/C=C\C/C=C\C/C=C\C/C=C\CCCCCC(=O)OC(COC(=O)CCCCCCC/C=C\CCCCCCCC)COP(=O)(O)OCC[N+](C)(C)C. The van der Waals surface area contributed by atoms with Crippen molar-refractivity contribution in [3.05, 3.63) is 72.9 Å². The third-order valence-corrected chi connectivity index (χ3v) is 10.2. The normalized spacial score (nSPS) is 14.2. The Bertz CT molecular complexity index is 1220. The Morgan fingerprint density at radius 2 is 0.983 bits per heavy atom. The van der Waals surface area contributed by atoms with Gasteiger partial charge >= 0.3 is 19.8 Å². The predicted octanol–water partition coefficient (Wildman–Crippen LogP) is 13.0. The van der Waals surface area contributed by atoms with Gasteiger partial charge in [-0.1, -0.05) is 145 Å². The first-order valence-corrected chi connectivity index (χ1v) is 24.2. The van der Waals surface area contributed by atoms with Crippen LogP contribution in [-0.2, 0) is 32.7 Å². The highest BCUT2D eigenvalue weighted by Crippen LogP contribution is 2.43. The first kappa shape index (κ1) is 55.5. The minimum absolute atomic E-state index is 0.0201. The Labute approximate surface area is 355 Å². The number of unbranched alkanes of at least 4 members (excludes halogenated alkanes) is 14. The van der Waals surface area contributed by atoms with E-state index in [1.807, 2.05) is 21.1 Å². The predicted molar refractivity (Wildman–Crippen MR) is 242 cm³/mol. The molecule has 58 heavy (non-hydrogen) atoms. The van der Waals surface area contributed by atoms with E-state index in [0.29, 0.717) is 17.4 Å². The molecule has 0 saturated carbocycles.